The number of rotatable bonds is 2. The standard InChI is InChI=1S/C27H22/c1-18-14-22-13-12-20(16-23(22)15-18)17-26-19(2)27(21-8-4-3-5-9-21)25-11-7-6-10-24(25)26/h3-13,15-17,27H,2,14H2,1H3/b26-17+. The van der Waals surface area contributed by atoms with Gasteiger partial charge in [-0.2, -0.15) is 0 Å². The zero-order valence-corrected chi connectivity index (χ0v) is 15.6. The van der Waals surface area contributed by atoms with E-state index in [0.29, 0.717) is 0 Å². The Labute approximate surface area is 161 Å². The maximum Gasteiger partial charge on any atom is 0.0346 e. The van der Waals surface area contributed by atoms with Crippen LogP contribution in [0, 0.1) is 0 Å². The van der Waals surface area contributed by atoms with Crippen LogP contribution in [-0.2, 0) is 6.42 Å². The third-order valence-electron chi connectivity index (χ3n) is 5.74. The lowest BCUT2D eigenvalue weighted by atomic mass is 9.90. The molecule has 5 rings (SSSR count). The zero-order chi connectivity index (χ0) is 18.4. The van der Waals surface area contributed by atoms with Gasteiger partial charge in [-0.3, -0.25) is 0 Å². The highest BCUT2D eigenvalue weighted by atomic mass is 14.3. The topological polar surface area (TPSA) is 0 Å². The van der Waals surface area contributed by atoms with E-state index in [4.69, 9.17) is 0 Å². The van der Waals surface area contributed by atoms with Crippen molar-refractivity contribution in [2.24, 2.45) is 0 Å². The molecule has 0 radical (unpaired) electrons. The number of hydrogen-bond acceptors (Lipinski definition) is 0. The van der Waals surface area contributed by atoms with Crippen LogP contribution in [0.5, 0.6) is 0 Å². The predicted molar refractivity (Wildman–Crippen MR) is 116 cm³/mol. The average Bonchev–Trinajstić information content (AvgIpc) is 3.19. The lowest BCUT2D eigenvalue weighted by molar-refractivity contribution is 1.02. The highest BCUT2D eigenvalue weighted by molar-refractivity contribution is 5.97. The summed E-state index contributed by atoms with van der Waals surface area (Å²) in [6, 6.07) is 26.3. The first-order chi connectivity index (χ1) is 13.2. The van der Waals surface area contributed by atoms with Gasteiger partial charge in [0.1, 0.15) is 0 Å². The molecular formula is C27H22. The minimum atomic E-state index is 0.241. The summed E-state index contributed by atoms with van der Waals surface area (Å²) < 4.78 is 0. The van der Waals surface area contributed by atoms with Crippen molar-refractivity contribution >= 4 is 17.7 Å². The minimum Gasteiger partial charge on any atom is -0.0942 e. The van der Waals surface area contributed by atoms with Crippen LogP contribution in [0.4, 0.5) is 0 Å². The van der Waals surface area contributed by atoms with E-state index in [1.807, 2.05) is 0 Å². The fourth-order valence-electron chi connectivity index (χ4n) is 4.49. The van der Waals surface area contributed by atoms with Crippen molar-refractivity contribution in [3.05, 3.63) is 124 Å². The van der Waals surface area contributed by atoms with Crippen LogP contribution in [0.15, 0.2) is 90.5 Å². The molecule has 0 heteroatoms. The van der Waals surface area contributed by atoms with Crippen molar-refractivity contribution in [1.29, 1.82) is 0 Å². The molecule has 0 fully saturated rings. The molecule has 3 aromatic rings. The molecule has 0 amide bonds. The number of hydrogen-bond donors (Lipinski definition) is 0. The number of allylic oxidation sites excluding steroid dienone is 3. The minimum absolute atomic E-state index is 0.241. The molecule has 0 bridgehead atoms. The molecule has 1 atom stereocenters. The van der Waals surface area contributed by atoms with Crippen LogP contribution in [0.1, 0.15) is 46.2 Å². The first-order valence-electron chi connectivity index (χ1n) is 9.56. The maximum absolute atomic E-state index is 4.51. The third kappa shape index (κ3) is 2.69. The molecule has 0 spiro atoms. The van der Waals surface area contributed by atoms with Crippen LogP contribution in [0.25, 0.3) is 17.7 Å². The van der Waals surface area contributed by atoms with Gasteiger partial charge in [-0.25, -0.2) is 0 Å². The van der Waals surface area contributed by atoms with Gasteiger partial charge in [0, 0.05) is 5.92 Å². The van der Waals surface area contributed by atoms with Gasteiger partial charge in [0.25, 0.3) is 0 Å². The van der Waals surface area contributed by atoms with Gasteiger partial charge in [-0.1, -0.05) is 85.0 Å². The Kier molecular flexibility index (Phi) is 3.72. The van der Waals surface area contributed by atoms with E-state index in [1.54, 1.807) is 0 Å². The van der Waals surface area contributed by atoms with Gasteiger partial charge in [0.2, 0.25) is 0 Å². The van der Waals surface area contributed by atoms with Crippen molar-refractivity contribution in [1.82, 2.24) is 0 Å². The Hall–Kier alpha value is -3.12. The molecular weight excluding hydrogens is 324 g/mol. The van der Waals surface area contributed by atoms with Gasteiger partial charge in [-0.15, -0.1) is 0 Å². The quantitative estimate of drug-likeness (QED) is 0.474. The van der Waals surface area contributed by atoms with Crippen LogP contribution >= 0.6 is 0 Å². The maximum atomic E-state index is 4.51. The van der Waals surface area contributed by atoms with Crippen LogP contribution in [-0.4, -0.2) is 0 Å². The summed E-state index contributed by atoms with van der Waals surface area (Å²) in [6.45, 7) is 6.71. The molecule has 0 saturated carbocycles. The summed E-state index contributed by atoms with van der Waals surface area (Å²) in [5.41, 5.74) is 11.9. The van der Waals surface area contributed by atoms with E-state index in [2.05, 4.69) is 98.5 Å². The van der Waals surface area contributed by atoms with Crippen LogP contribution in [0.2, 0.25) is 0 Å². The first-order valence-corrected chi connectivity index (χ1v) is 9.56. The number of fused-ring (bicyclic) bond motifs is 2. The Bertz CT molecular complexity index is 1110. The van der Waals surface area contributed by atoms with E-state index in [-0.39, 0.29) is 5.92 Å². The first kappa shape index (κ1) is 16.1. The zero-order valence-electron chi connectivity index (χ0n) is 15.6. The monoisotopic (exact) mass is 346 g/mol. The van der Waals surface area contributed by atoms with E-state index < -0.39 is 0 Å². The lowest BCUT2D eigenvalue weighted by Crippen LogP contribution is -1.97. The van der Waals surface area contributed by atoms with Crippen LogP contribution in [0.3, 0.4) is 0 Å². The Morgan fingerprint density at radius 3 is 2.56 bits per heavy atom. The Morgan fingerprint density at radius 1 is 0.926 bits per heavy atom. The van der Waals surface area contributed by atoms with Gasteiger partial charge < -0.3 is 0 Å². The van der Waals surface area contributed by atoms with Gasteiger partial charge in [0.15, 0.2) is 0 Å². The van der Waals surface area contributed by atoms with Crippen molar-refractivity contribution in [3.8, 4) is 0 Å². The normalized spacial score (nSPS) is 19.1. The van der Waals surface area contributed by atoms with Crippen LogP contribution < -0.4 is 0 Å². The third-order valence-corrected chi connectivity index (χ3v) is 5.74. The second-order valence-corrected chi connectivity index (χ2v) is 7.64. The van der Waals surface area contributed by atoms with Crippen molar-refractivity contribution < 1.29 is 0 Å². The summed E-state index contributed by atoms with van der Waals surface area (Å²) in [5.74, 6) is 0.241. The highest BCUT2D eigenvalue weighted by Gasteiger charge is 2.30. The van der Waals surface area contributed by atoms with Gasteiger partial charge in [0.05, 0.1) is 0 Å². The highest BCUT2D eigenvalue weighted by Crippen LogP contribution is 2.48. The summed E-state index contributed by atoms with van der Waals surface area (Å²) >= 11 is 0. The molecule has 0 aliphatic heterocycles. The summed E-state index contributed by atoms with van der Waals surface area (Å²) in [7, 11) is 0. The van der Waals surface area contributed by atoms with E-state index >= 15 is 0 Å². The summed E-state index contributed by atoms with van der Waals surface area (Å²) in [5, 5.41) is 0. The molecule has 0 nitrogen and oxygen atoms in total. The Morgan fingerprint density at radius 2 is 1.70 bits per heavy atom. The fourth-order valence-corrected chi connectivity index (χ4v) is 4.49. The molecule has 0 N–H and O–H groups in total. The predicted octanol–water partition coefficient (Wildman–Crippen LogP) is 6.89. The average molecular weight is 346 g/mol. The largest absolute Gasteiger partial charge is 0.0942 e. The van der Waals surface area contributed by atoms with E-state index in [1.165, 1.54) is 50.1 Å². The van der Waals surface area contributed by atoms with Crippen molar-refractivity contribution in [2.75, 3.05) is 0 Å². The van der Waals surface area contributed by atoms with Gasteiger partial charge >= 0.3 is 0 Å². The second kappa shape index (κ2) is 6.25. The fraction of sp³-hybridized carbons (Fsp3) is 0.111. The summed E-state index contributed by atoms with van der Waals surface area (Å²) in [4.78, 5) is 0. The van der Waals surface area contributed by atoms with Crippen molar-refractivity contribution in [2.45, 2.75) is 19.3 Å². The molecule has 1 unspecified atom stereocenters. The van der Waals surface area contributed by atoms with E-state index in [0.717, 1.165) is 6.42 Å². The summed E-state index contributed by atoms with van der Waals surface area (Å²) in [6.07, 6.45) is 5.70. The lowest BCUT2D eigenvalue weighted by Gasteiger charge is -2.13. The smallest absolute Gasteiger partial charge is 0.0346 e. The number of benzene rings is 3. The van der Waals surface area contributed by atoms with E-state index in [9.17, 15) is 0 Å². The molecule has 130 valence electrons. The molecule has 3 aromatic carbocycles. The molecule has 0 heterocycles. The van der Waals surface area contributed by atoms with Gasteiger partial charge in [-0.05, 0) is 70.0 Å². The molecule has 0 aromatic heterocycles. The molecule has 2 aliphatic rings. The molecule has 2 aliphatic carbocycles. The molecule has 27 heavy (non-hydrogen) atoms. The Balaban J connectivity index is 1.62. The SMILES string of the molecule is C=C1/C(=C\c2ccc3c(c2)C=C(C)C3)c2ccccc2C1c1ccccc1. The molecule has 0 saturated heterocycles. The van der Waals surface area contributed by atoms with Crippen molar-refractivity contribution in [3.63, 3.8) is 0 Å². The second-order valence-electron chi connectivity index (χ2n) is 7.64.